The molecule has 1 spiro atoms. The Bertz CT molecular complexity index is 873. The van der Waals surface area contributed by atoms with Crippen LogP contribution in [0.2, 0.25) is 0 Å². The maximum Gasteiger partial charge on any atom is 0.219 e. The normalized spacial score (nSPS) is 20.7. The van der Waals surface area contributed by atoms with E-state index in [0.29, 0.717) is 12.4 Å². The van der Waals surface area contributed by atoms with Gasteiger partial charge in [-0.3, -0.25) is 9.78 Å². The van der Waals surface area contributed by atoms with Gasteiger partial charge in [0.2, 0.25) is 5.91 Å². The highest BCUT2D eigenvalue weighted by Crippen LogP contribution is 2.46. The van der Waals surface area contributed by atoms with Gasteiger partial charge in [-0.05, 0) is 44.2 Å². The van der Waals surface area contributed by atoms with E-state index in [2.05, 4.69) is 10.3 Å². The van der Waals surface area contributed by atoms with Gasteiger partial charge in [0.05, 0.1) is 5.69 Å². The lowest BCUT2D eigenvalue weighted by Gasteiger charge is -2.40. The standard InChI is InChI=1S/C22H29N5O2/c1-16(28)27-12-4-8-22(15-27)9-7-18-19(22)25-20(17-6-3-10-23-14-17)26-21(18)24-11-5-13-29-2/h3,6,10,14H,4-5,7-9,11-13,15H2,1-2H3,(H,24,25,26). The Morgan fingerprint density at radius 1 is 1.34 bits per heavy atom. The van der Waals surface area contributed by atoms with E-state index in [0.717, 1.165) is 68.8 Å². The van der Waals surface area contributed by atoms with Crippen LogP contribution in [0.15, 0.2) is 24.5 Å². The summed E-state index contributed by atoms with van der Waals surface area (Å²) < 4.78 is 5.17. The van der Waals surface area contributed by atoms with Crippen molar-refractivity contribution in [3.8, 4) is 11.4 Å². The molecule has 7 nitrogen and oxygen atoms in total. The number of anilines is 1. The summed E-state index contributed by atoms with van der Waals surface area (Å²) in [6.45, 7) is 4.78. The fraction of sp³-hybridized carbons (Fsp3) is 0.545. The second kappa shape index (κ2) is 8.45. The third-order valence-electron chi connectivity index (χ3n) is 6.12. The fourth-order valence-corrected chi connectivity index (χ4v) is 4.63. The number of ether oxygens (including phenoxy) is 1. The van der Waals surface area contributed by atoms with E-state index in [-0.39, 0.29) is 11.3 Å². The van der Waals surface area contributed by atoms with Crippen molar-refractivity contribution in [1.82, 2.24) is 19.9 Å². The molecule has 154 valence electrons. The van der Waals surface area contributed by atoms with Crippen LogP contribution in [0.3, 0.4) is 0 Å². The first-order valence-corrected chi connectivity index (χ1v) is 10.4. The summed E-state index contributed by atoms with van der Waals surface area (Å²) in [4.78, 5) is 28.2. The van der Waals surface area contributed by atoms with E-state index in [1.807, 2.05) is 17.0 Å². The Balaban J connectivity index is 1.73. The van der Waals surface area contributed by atoms with Crippen LogP contribution >= 0.6 is 0 Å². The number of hydrogen-bond donors (Lipinski definition) is 1. The average Bonchev–Trinajstić information content (AvgIpc) is 3.09. The molecule has 0 bridgehead atoms. The second-order valence-corrected chi connectivity index (χ2v) is 8.06. The van der Waals surface area contributed by atoms with Crippen LogP contribution in [0.1, 0.15) is 43.9 Å². The van der Waals surface area contributed by atoms with Gasteiger partial charge in [-0.15, -0.1) is 0 Å². The minimum absolute atomic E-state index is 0.0673. The molecule has 0 radical (unpaired) electrons. The zero-order valence-electron chi connectivity index (χ0n) is 17.3. The molecular weight excluding hydrogens is 366 g/mol. The molecule has 1 amide bonds. The molecule has 2 aliphatic rings. The maximum atomic E-state index is 12.1. The van der Waals surface area contributed by atoms with E-state index >= 15 is 0 Å². The number of hydrogen-bond acceptors (Lipinski definition) is 6. The number of likely N-dealkylation sites (tertiary alicyclic amines) is 1. The van der Waals surface area contributed by atoms with Crippen LogP contribution in [0.5, 0.6) is 0 Å². The maximum absolute atomic E-state index is 12.1. The summed E-state index contributed by atoms with van der Waals surface area (Å²) in [7, 11) is 1.72. The molecule has 1 atom stereocenters. The Morgan fingerprint density at radius 2 is 2.24 bits per heavy atom. The topological polar surface area (TPSA) is 80.2 Å². The van der Waals surface area contributed by atoms with Crippen molar-refractivity contribution in [3.63, 3.8) is 0 Å². The van der Waals surface area contributed by atoms with Crippen molar-refractivity contribution in [2.45, 2.75) is 44.4 Å². The van der Waals surface area contributed by atoms with E-state index in [9.17, 15) is 4.79 Å². The van der Waals surface area contributed by atoms with Crippen molar-refractivity contribution in [2.24, 2.45) is 0 Å². The Labute approximate surface area is 171 Å². The number of carbonyl (C=O) groups is 1. The van der Waals surface area contributed by atoms with Crippen LogP contribution in [0, 0.1) is 0 Å². The van der Waals surface area contributed by atoms with Crippen molar-refractivity contribution < 1.29 is 9.53 Å². The van der Waals surface area contributed by atoms with Crippen LogP contribution in [-0.4, -0.2) is 59.1 Å². The molecule has 0 saturated carbocycles. The van der Waals surface area contributed by atoms with E-state index < -0.39 is 0 Å². The number of nitrogens with zero attached hydrogens (tertiary/aromatic N) is 4. The van der Waals surface area contributed by atoms with Gasteiger partial charge in [-0.25, -0.2) is 9.97 Å². The third-order valence-corrected chi connectivity index (χ3v) is 6.12. The highest BCUT2D eigenvalue weighted by atomic mass is 16.5. The number of aromatic nitrogens is 3. The summed E-state index contributed by atoms with van der Waals surface area (Å²) in [6, 6.07) is 3.90. The lowest BCUT2D eigenvalue weighted by atomic mass is 9.77. The second-order valence-electron chi connectivity index (χ2n) is 8.06. The van der Waals surface area contributed by atoms with Crippen LogP contribution < -0.4 is 5.32 Å². The Kier molecular flexibility index (Phi) is 5.76. The highest BCUT2D eigenvalue weighted by Gasteiger charge is 2.45. The molecule has 2 aromatic heterocycles. The molecule has 1 unspecified atom stereocenters. The number of fused-ring (bicyclic) bond motifs is 2. The number of rotatable bonds is 6. The lowest BCUT2D eigenvalue weighted by molar-refractivity contribution is -0.131. The fourth-order valence-electron chi connectivity index (χ4n) is 4.63. The Morgan fingerprint density at radius 3 is 3.00 bits per heavy atom. The highest BCUT2D eigenvalue weighted by molar-refractivity contribution is 5.73. The summed E-state index contributed by atoms with van der Waals surface area (Å²) >= 11 is 0. The van der Waals surface area contributed by atoms with Crippen molar-refractivity contribution in [1.29, 1.82) is 0 Å². The number of pyridine rings is 1. The number of piperidine rings is 1. The number of carbonyl (C=O) groups excluding carboxylic acids is 1. The van der Waals surface area contributed by atoms with Crippen LogP contribution in [0.4, 0.5) is 5.82 Å². The smallest absolute Gasteiger partial charge is 0.219 e. The van der Waals surface area contributed by atoms with Crippen LogP contribution in [-0.2, 0) is 21.4 Å². The first-order chi connectivity index (χ1) is 14.1. The molecule has 4 rings (SSSR count). The monoisotopic (exact) mass is 395 g/mol. The van der Waals surface area contributed by atoms with Gasteiger partial charge in [0.15, 0.2) is 5.82 Å². The van der Waals surface area contributed by atoms with E-state index in [4.69, 9.17) is 14.7 Å². The first kappa shape index (κ1) is 19.8. The predicted octanol–water partition coefficient (Wildman–Crippen LogP) is 2.81. The largest absolute Gasteiger partial charge is 0.385 e. The van der Waals surface area contributed by atoms with Crippen molar-refractivity contribution in [2.75, 3.05) is 38.7 Å². The van der Waals surface area contributed by atoms with Gasteiger partial charge < -0.3 is 15.0 Å². The molecule has 29 heavy (non-hydrogen) atoms. The number of methoxy groups -OCH3 is 1. The average molecular weight is 396 g/mol. The quantitative estimate of drug-likeness (QED) is 0.758. The van der Waals surface area contributed by atoms with Gasteiger partial charge in [-0.1, -0.05) is 0 Å². The van der Waals surface area contributed by atoms with E-state index in [1.54, 1.807) is 26.4 Å². The van der Waals surface area contributed by atoms with Crippen molar-refractivity contribution >= 4 is 11.7 Å². The lowest BCUT2D eigenvalue weighted by Crippen LogP contribution is -2.47. The zero-order chi connectivity index (χ0) is 20.3. The molecule has 0 aromatic carbocycles. The van der Waals surface area contributed by atoms with Crippen molar-refractivity contribution in [3.05, 3.63) is 35.8 Å². The zero-order valence-corrected chi connectivity index (χ0v) is 17.3. The molecule has 1 fully saturated rings. The predicted molar refractivity (Wildman–Crippen MR) is 112 cm³/mol. The van der Waals surface area contributed by atoms with Gasteiger partial charge in [0, 0.05) is 69.2 Å². The third kappa shape index (κ3) is 3.96. The van der Waals surface area contributed by atoms with Gasteiger partial charge in [0.1, 0.15) is 5.82 Å². The van der Waals surface area contributed by atoms with Gasteiger partial charge >= 0.3 is 0 Å². The molecule has 1 aliphatic heterocycles. The van der Waals surface area contributed by atoms with E-state index in [1.165, 1.54) is 5.56 Å². The molecule has 1 aliphatic carbocycles. The molecule has 1 saturated heterocycles. The molecule has 7 heteroatoms. The number of amides is 1. The summed E-state index contributed by atoms with van der Waals surface area (Å²) in [5, 5.41) is 3.51. The SMILES string of the molecule is COCCCNc1nc(-c2cccnc2)nc2c1CCC21CCCN(C(C)=O)C1. The molecular formula is C22H29N5O2. The minimum Gasteiger partial charge on any atom is -0.385 e. The summed E-state index contributed by atoms with van der Waals surface area (Å²) in [6.07, 6.45) is 8.53. The molecule has 2 aromatic rings. The van der Waals surface area contributed by atoms with Crippen LogP contribution in [0.25, 0.3) is 11.4 Å². The van der Waals surface area contributed by atoms with Gasteiger partial charge in [0.25, 0.3) is 0 Å². The summed E-state index contributed by atoms with van der Waals surface area (Å²) in [5.41, 5.74) is 3.17. The minimum atomic E-state index is -0.0673. The summed E-state index contributed by atoms with van der Waals surface area (Å²) in [5.74, 6) is 1.77. The first-order valence-electron chi connectivity index (χ1n) is 10.4. The number of nitrogens with one attached hydrogen (secondary N) is 1. The Hall–Kier alpha value is -2.54. The molecule has 1 N–H and O–H groups in total. The molecule has 3 heterocycles. The van der Waals surface area contributed by atoms with Gasteiger partial charge in [-0.2, -0.15) is 0 Å².